The lowest BCUT2D eigenvalue weighted by molar-refractivity contribution is 0.672. The second-order valence-electron chi connectivity index (χ2n) is 2.93. The van der Waals surface area contributed by atoms with Crippen LogP contribution in [-0.4, -0.2) is 0 Å². The van der Waals surface area contributed by atoms with Gasteiger partial charge < -0.3 is 0 Å². The van der Waals surface area contributed by atoms with Gasteiger partial charge in [0.2, 0.25) is 0 Å². The summed E-state index contributed by atoms with van der Waals surface area (Å²) in [5.41, 5.74) is 1.35. The van der Waals surface area contributed by atoms with Crippen LogP contribution < -0.4 is 0 Å². The number of allylic oxidation sites excluding steroid dienone is 6. The molecule has 0 heterocycles. The molecule has 0 bridgehead atoms. The minimum Gasteiger partial charge on any atom is -0.206 e. The van der Waals surface area contributed by atoms with Gasteiger partial charge in [-0.2, -0.15) is 0 Å². The first-order valence-electron chi connectivity index (χ1n) is 4.66. The van der Waals surface area contributed by atoms with Gasteiger partial charge in [-0.15, -0.1) is 0 Å². The first-order chi connectivity index (χ1) is 7.29. The zero-order chi connectivity index (χ0) is 11.1. The van der Waals surface area contributed by atoms with E-state index in [1.807, 2.05) is 30.3 Å². The summed E-state index contributed by atoms with van der Waals surface area (Å²) in [7, 11) is 0. The number of halogens is 1. The van der Waals surface area contributed by atoms with E-state index in [0.29, 0.717) is 5.57 Å². The fourth-order valence-electron chi connectivity index (χ4n) is 1.21. The normalized spacial score (nSPS) is 12.3. The fourth-order valence-corrected chi connectivity index (χ4v) is 1.21. The molecule has 0 saturated heterocycles. The summed E-state index contributed by atoms with van der Waals surface area (Å²) in [4.78, 5) is 0. The van der Waals surface area contributed by atoms with Gasteiger partial charge in [0.15, 0.2) is 0 Å². The van der Waals surface area contributed by atoms with Gasteiger partial charge in [0.1, 0.15) is 5.83 Å². The number of hydrogen-bond donors (Lipinski definition) is 0. The molecule has 0 spiro atoms. The zero-order valence-electron chi connectivity index (χ0n) is 8.49. The third-order valence-corrected chi connectivity index (χ3v) is 1.92. The van der Waals surface area contributed by atoms with E-state index < -0.39 is 0 Å². The van der Waals surface area contributed by atoms with Crippen molar-refractivity contribution in [2.24, 2.45) is 0 Å². The van der Waals surface area contributed by atoms with Crippen molar-refractivity contribution in [1.82, 2.24) is 0 Å². The van der Waals surface area contributed by atoms with Crippen molar-refractivity contribution >= 4 is 5.57 Å². The summed E-state index contributed by atoms with van der Waals surface area (Å²) in [5.74, 6) is -0.334. The largest absolute Gasteiger partial charge is 0.206 e. The summed E-state index contributed by atoms with van der Waals surface area (Å²) in [5, 5.41) is 0. The van der Waals surface area contributed by atoms with E-state index in [0.717, 1.165) is 5.56 Å². The van der Waals surface area contributed by atoms with Crippen LogP contribution in [0, 0.1) is 0 Å². The molecule has 0 N–H and O–H groups in total. The van der Waals surface area contributed by atoms with Crippen molar-refractivity contribution in [2.45, 2.75) is 0 Å². The predicted molar refractivity (Wildman–Crippen MR) is 64.0 cm³/mol. The number of benzene rings is 1. The van der Waals surface area contributed by atoms with Crippen molar-refractivity contribution in [3.8, 4) is 0 Å². The molecule has 0 radical (unpaired) electrons. The average molecular weight is 200 g/mol. The SMILES string of the molecule is C=C/C=C\C(=C(\F)C=C)c1ccccc1. The molecule has 0 aliphatic rings. The highest BCUT2D eigenvalue weighted by molar-refractivity contribution is 5.77. The van der Waals surface area contributed by atoms with Crippen molar-refractivity contribution in [3.05, 3.63) is 79.2 Å². The van der Waals surface area contributed by atoms with Crippen LogP contribution in [0.25, 0.3) is 5.57 Å². The van der Waals surface area contributed by atoms with Gasteiger partial charge in [-0.3, -0.25) is 0 Å². The maximum atomic E-state index is 13.5. The maximum absolute atomic E-state index is 13.5. The Labute approximate surface area is 89.8 Å². The van der Waals surface area contributed by atoms with Gasteiger partial charge in [-0.25, -0.2) is 4.39 Å². The molecule has 1 aromatic rings. The molecule has 1 rings (SSSR count). The molecule has 0 fully saturated rings. The Kier molecular flexibility index (Phi) is 4.30. The summed E-state index contributed by atoms with van der Waals surface area (Å²) < 4.78 is 13.5. The Balaban J connectivity index is 3.19. The van der Waals surface area contributed by atoms with Gasteiger partial charge in [0, 0.05) is 5.57 Å². The Morgan fingerprint density at radius 2 is 1.80 bits per heavy atom. The third kappa shape index (κ3) is 3.06. The Bertz CT molecular complexity index is 397. The number of hydrogen-bond acceptors (Lipinski definition) is 0. The van der Waals surface area contributed by atoms with Crippen LogP contribution in [0.15, 0.2) is 73.6 Å². The quantitative estimate of drug-likeness (QED) is 0.636. The highest BCUT2D eigenvalue weighted by atomic mass is 19.1. The van der Waals surface area contributed by atoms with Crippen LogP contribution in [0.5, 0.6) is 0 Å². The van der Waals surface area contributed by atoms with Gasteiger partial charge in [0.05, 0.1) is 0 Å². The molecule has 0 unspecified atom stereocenters. The summed E-state index contributed by atoms with van der Waals surface area (Å²) >= 11 is 0. The minimum absolute atomic E-state index is 0.334. The van der Waals surface area contributed by atoms with E-state index in [1.165, 1.54) is 6.08 Å². The van der Waals surface area contributed by atoms with Gasteiger partial charge >= 0.3 is 0 Å². The smallest absolute Gasteiger partial charge is 0.130 e. The average Bonchev–Trinajstić information content (AvgIpc) is 2.30. The molecule has 1 heteroatoms. The maximum Gasteiger partial charge on any atom is 0.130 e. The number of rotatable bonds is 4. The van der Waals surface area contributed by atoms with Crippen LogP contribution in [-0.2, 0) is 0 Å². The van der Waals surface area contributed by atoms with Gasteiger partial charge in [0.25, 0.3) is 0 Å². The standard InChI is InChI=1S/C14H13F/c1-3-5-11-13(14(15)4-2)12-9-7-6-8-10-12/h3-11H,1-2H2/b11-5-,14-13-. The Morgan fingerprint density at radius 3 is 2.33 bits per heavy atom. The second kappa shape index (κ2) is 5.76. The van der Waals surface area contributed by atoms with E-state index in [-0.39, 0.29) is 5.83 Å². The molecule has 0 aliphatic heterocycles. The Hall–Kier alpha value is -1.89. The third-order valence-electron chi connectivity index (χ3n) is 1.92. The first-order valence-corrected chi connectivity index (χ1v) is 4.66. The Morgan fingerprint density at radius 1 is 1.13 bits per heavy atom. The molecule has 0 saturated carbocycles. The van der Waals surface area contributed by atoms with Crippen LogP contribution in [0.1, 0.15) is 5.56 Å². The van der Waals surface area contributed by atoms with Crippen LogP contribution in [0.3, 0.4) is 0 Å². The molecule has 76 valence electrons. The monoisotopic (exact) mass is 200 g/mol. The molecular formula is C14H13F. The second-order valence-corrected chi connectivity index (χ2v) is 2.93. The van der Waals surface area contributed by atoms with Crippen molar-refractivity contribution in [3.63, 3.8) is 0 Å². The lowest BCUT2D eigenvalue weighted by Crippen LogP contribution is -1.82. The van der Waals surface area contributed by atoms with Crippen molar-refractivity contribution in [1.29, 1.82) is 0 Å². The highest BCUT2D eigenvalue weighted by Crippen LogP contribution is 2.21. The minimum atomic E-state index is -0.334. The van der Waals surface area contributed by atoms with E-state index in [2.05, 4.69) is 13.2 Å². The first kappa shape index (κ1) is 11.2. The predicted octanol–water partition coefficient (Wildman–Crippen LogP) is 4.30. The van der Waals surface area contributed by atoms with E-state index in [1.54, 1.807) is 18.2 Å². The van der Waals surface area contributed by atoms with Crippen LogP contribution in [0.2, 0.25) is 0 Å². The zero-order valence-corrected chi connectivity index (χ0v) is 8.49. The summed E-state index contributed by atoms with van der Waals surface area (Å²) in [6.07, 6.45) is 6.19. The van der Waals surface area contributed by atoms with E-state index in [4.69, 9.17) is 0 Å². The van der Waals surface area contributed by atoms with Crippen molar-refractivity contribution < 1.29 is 4.39 Å². The molecule has 0 aromatic heterocycles. The molecule has 0 amide bonds. The van der Waals surface area contributed by atoms with Crippen LogP contribution in [0.4, 0.5) is 4.39 Å². The molecule has 0 atom stereocenters. The molecule has 0 nitrogen and oxygen atoms in total. The van der Waals surface area contributed by atoms with Gasteiger partial charge in [-0.1, -0.05) is 61.7 Å². The van der Waals surface area contributed by atoms with Crippen molar-refractivity contribution in [2.75, 3.05) is 0 Å². The van der Waals surface area contributed by atoms with Gasteiger partial charge in [-0.05, 0) is 11.6 Å². The highest BCUT2D eigenvalue weighted by Gasteiger charge is 2.02. The summed E-state index contributed by atoms with van der Waals surface area (Å²) in [6.45, 7) is 6.98. The van der Waals surface area contributed by atoms with E-state index in [9.17, 15) is 4.39 Å². The molecular weight excluding hydrogens is 187 g/mol. The fraction of sp³-hybridized carbons (Fsp3) is 0. The lowest BCUT2D eigenvalue weighted by atomic mass is 10.0. The lowest BCUT2D eigenvalue weighted by Gasteiger charge is -2.02. The topological polar surface area (TPSA) is 0 Å². The molecule has 1 aromatic carbocycles. The van der Waals surface area contributed by atoms with Crippen LogP contribution >= 0.6 is 0 Å². The summed E-state index contributed by atoms with van der Waals surface area (Å²) in [6, 6.07) is 9.34. The molecule has 15 heavy (non-hydrogen) atoms. The van der Waals surface area contributed by atoms with E-state index >= 15 is 0 Å². The molecule has 0 aliphatic carbocycles.